The molecule has 1 amide bonds. The summed E-state index contributed by atoms with van der Waals surface area (Å²) in [7, 11) is 2.73. The molecular formula is C24H20N2O6S. The summed E-state index contributed by atoms with van der Waals surface area (Å²) in [4.78, 5) is 44.3. The Labute approximate surface area is 193 Å². The van der Waals surface area contributed by atoms with E-state index in [0.717, 1.165) is 11.3 Å². The zero-order valence-corrected chi connectivity index (χ0v) is 18.9. The second-order valence-corrected chi connectivity index (χ2v) is 8.16. The lowest BCUT2D eigenvalue weighted by atomic mass is 9.95. The number of anilines is 1. The van der Waals surface area contributed by atoms with Gasteiger partial charge >= 0.3 is 11.9 Å². The van der Waals surface area contributed by atoms with Crippen molar-refractivity contribution >= 4 is 39.9 Å². The van der Waals surface area contributed by atoms with Crippen molar-refractivity contribution in [2.24, 2.45) is 0 Å². The molecule has 9 heteroatoms. The highest BCUT2D eigenvalue weighted by atomic mass is 32.1. The Bertz CT molecular complexity index is 1280. The number of ketones is 1. The standard InChI is InChI=1S/C24H20N2O6S/c1-13-21(23(30)32-3)33-24(25-13)26-18(15-11-7-8-12-16(15)31-2)17(20(28)22(26)29)19(27)14-9-5-4-6-10-14/h4-12,18,27H,1-3H3/b19-17+. The Morgan fingerprint density at radius 1 is 1.06 bits per heavy atom. The van der Waals surface area contributed by atoms with Crippen LogP contribution in [0.15, 0.2) is 60.2 Å². The van der Waals surface area contributed by atoms with Crippen LogP contribution in [-0.4, -0.2) is 42.0 Å². The highest BCUT2D eigenvalue weighted by Crippen LogP contribution is 2.46. The quantitative estimate of drug-likeness (QED) is 0.264. The molecule has 4 rings (SSSR count). The number of Topliss-reactive ketones (excluding diaryl/α,β-unsaturated/α-hetero) is 1. The number of ether oxygens (including phenoxy) is 2. The molecule has 1 unspecified atom stereocenters. The summed E-state index contributed by atoms with van der Waals surface area (Å²) in [6.45, 7) is 1.62. The van der Waals surface area contributed by atoms with Crippen molar-refractivity contribution in [3.63, 3.8) is 0 Å². The van der Waals surface area contributed by atoms with Crippen LogP contribution in [0.4, 0.5) is 5.13 Å². The number of esters is 1. The average Bonchev–Trinajstić information content (AvgIpc) is 3.35. The van der Waals surface area contributed by atoms with E-state index in [1.807, 2.05) is 0 Å². The largest absolute Gasteiger partial charge is 0.507 e. The summed E-state index contributed by atoms with van der Waals surface area (Å²) in [5.41, 5.74) is 1.15. The fourth-order valence-corrected chi connectivity index (χ4v) is 4.75. The van der Waals surface area contributed by atoms with Gasteiger partial charge in [-0.15, -0.1) is 0 Å². The van der Waals surface area contributed by atoms with Crippen molar-refractivity contribution in [1.82, 2.24) is 4.98 Å². The molecule has 1 aromatic heterocycles. The molecule has 1 aliphatic heterocycles. The van der Waals surface area contributed by atoms with E-state index in [-0.39, 0.29) is 21.3 Å². The minimum atomic E-state index is -1.02. The summed E-state index contributed by atoms with van der Waals surface area (Å²) in [6, 6.07) is 14.4. The van der Waals surface area contributed by atoms with Gasteiger partial charge in [0.25, 0.3) is 5.78 Å². The number of hydrogen-bond acceptors (Lipinski definition) is 8. The first-order valence-electron chi connectivity index (χ1n) is 9.94. The molecule has 2 heterocycles. The molecule has 0 radical (unpaired) electrons. The van der Waals surface area contributed by atoms with Gasteiger partial charge in [-0.3, -0.25) is 14.5 Å². The molecule has 0 saturated carbocycles. The van der Waals surface area contributed by atoms with Gasteiger partial charge in [0.2, 0.25) is 0 Å². The molecule has 1 aliphatic rings. The molecule has 1 saturated heterocycles. The Kier molecular flexibility index (Phi) is 5.97. The molecule has 1 fully saturated rings. The molecule has 3 aromatic rings. The monoisotopic (exact) mass is 464 g/mol. The maximum absolute atomic E-state index is 13.2. The predicted octanol–water partition coefficient (Wildman–Crippen LogP) is 3.87. The molecule has 2 aromatic carbocycles. The average molecular weight is 464 g/mol. The van der Waals surface area contributed by atoms with E-state index in [1.54, 1.807) is 61.5 Å². The number of amides is 1. The number of aliphatic hydroxyl groups excluding tert-OH is 1. The Hall–Kier alpha value is -3.98. The second-order valence-electron chi connectivity index (χ2n) is 7.18. The number of hydrogen-bond donors (Lipinski definition) is 1. The van der Waals surface area contributed by atoms with Gasteiger partial charge in [0, 0.05) is 11.1 Å². The number of aromatic nitrogens is 1. The minimum absolute atomic E-state index is 0.0943. The number of carbonyl (C=O) groups excluding carboxylic acids is 3. The van der Waals surface area contributed by atoms with Gasteiger partial charge in [-0.25, -0.2) is 9.78 Å². The fraction of sp³-hybridized carbons (Fsp3) is 0.167. The lowest BCUT2D eigenvalue weighted by Gasteiger charge is -2.24. The van der Waals surface area contributed by atoms with Crippen LogP contribution in [0.25, 0.3) is 5.76 Å². The van der Waals surface area contributed by atoms with Gasteiger partial charge in [0.15, 0.2) is 5.13 Å². The number of aryl methyl sites for hydroxylation is 1. The van der Waals surface area contributed by atoms with Crippen LogP contribution < -0.4 is 9.64 Å². The molecule has 0 aliphatic carbocycles. The van der Waals surface area contributed by atoms with Gasteiger partial charge in [-0.1, -0.05) is 59.9 Å². The van der Waals surface area contributed by atoms with Gasteiger partial charge in [0.05, 0.1) is 25.5 Å². The van der Waals surface area contributed by atoms with Crippen molar-refractivity contribution < 1.29 is 29.0 Å². The third-order valence-corrected chi connectivity index (χ3v) is 6.42. The number of aliphatic hydroxyl groups is 1. The zero-order chi connectivity index (χ0) is 23.7. The summed E-state index contributed by atoms with van der Waals surface area (Å²) in [5.74, 6) is -2.21. The van der Waals surface area contributed by atoms with Crippen LogP contribution >= 0.6 is 11.3 Å². The topological polar surface area (TPSA) is 106 Å². The highest BCUT2D eigenvalue weighted by Gasteiger charge is 2.49. The Balaban J connectivity index is 1.97. The van der Waals surface area contributed by atoms with E-state index in [4.69, 9.17) is 9.47 Å². The Morgan fingerprint density at radius 2 is 1.73 bits per heavy atom. The summed E-state index contributed by atoms with van der Waals surface area (Å²) in [5, 5.41) is 11.2. The molecule has 1 atom stereocenters. The van der Waals surface area contributed by atoms with Crippen LogP contribution in [0.1, 0.15) is 32.5 Å². The normalized spacial score (nSPS) is 17.3. The van der Waals surface area contributed by atoms with E-state index in [9.17, 15) is 19.5 Å². The first kappa shape index (κ1) is 22.2. The van der Waals surface area contributed by atoms with E-state index < -0.39 is 23.7 Å². The number of thiazole rings is 1. The first-order chi connectivity index (χ1) is 15.9. The minimum Gasteiger partial charge on any atom is -0.507 e. The highest BCUT2D eigenvalue weighted by molar-refractivity contribution is 7.17. The van der Waals surface area contributed by atoms with Crippen molar-refractivity contribution in [3.8, 4) is 5.75 Å². The van der Waals surface area contributed by atoms with E-state index in [0.29, 0.717) is 22.6 Å². The van der Waals surface area contributed by atoms with Crippen molar-refractivity contribution in [1.29, 1.82) is 0 Å². The SMILES string of the molecule is COC(=O)c1sc(N2C(=O)C(=O)/C(=C(/O)c3ccccc3)C2c2ccccc2OC)nc1C. The van der Waals surface area contributed by atoms with Crippen LogP contribution in [-0.2, 0) is 14.3 Å². The smallest absolute Gasteiger partial charge is 0.350 e. The van der Waals surface area contributed by atoms with Gasteiger partial charge in [-0.05, 0) is 13.0 Å². The number of carbonyl (C=O) groups is 3. The summed E-state index contributed by atoms with van der Waals surface area (Å²) < 4.78 is 10.3. The van der Waals surface area contributed by atoms with Crippen molar-refractivity contribution in [3.05, 3.63) is 81.9 Å². The molecular weight excluding hydrogens is 444 g/mol. The second kappa shape index (κ2) is 8.87. The first-order valence-corrected chi connectivity index (χ1v) is 10.8. The van der Waals surface area contributed by atoms with Gasteiger partial charge in [0.1, 0.15) is 22.4 Å². The van der Waals surface area contributed by atoms with Crippen molar-refractivity contribution in [2.45, 2.75) is 13.0 Å². The van der Waals surface area contributed by atoms with E-state index in [1.165, 1.54) is 19.1 Å². The fourth-order valence-electron chi connectivity index (χ4n) is 3.74. The molecule has 168 valence electrons. The van der Waals surface area contributed by atoms with Crippen LogP contribution in [0.5, 0.6) is 5.75 Å². The van der Waals surface area contributed by atoms with Gasteiger partial charge < -0.3 is 14.6 Å². The molecule has 33 heavy (non-hydrogen) atoms. The van der Waals surface area contributed by atoms with E-state index in [2.05, 4.69) is 4.98 Å². The summed E-state index contributed by atoms with van der Waals surface area (Å²) in [6.07, 6.45) is 0. The number of rotatable bonds is 5. The van der Waals surface area contributed by atoms with Crippen molar-refractivity contribution in [2.75, 3.05) is 19.1 Å². The van der Waals surface area contributed by atoms with Crippen LogP contribution in [0, 0.1) is 6.92 Å². The number of nitrogens with zero attached hydrogens (tertiary/aromatic N) is 2. The molecule has 1 N–H and O–H groups in total. The Morgan fingerprint density at radius 3 is 2.39 bits per heavy atom. The zero-order valence-electron chi connectivity index (χ0n) is 18.1. The number of methoxy groups -OCH3 is 2. The number of para-hydroxylation sites is 1. The van der Waals surface area contributed by atoms with Gasteiger partial charge in [-0.2, -0.15) is 0 Å². The molecule has 0 spiro atoms. The summed E-state index contributed by atoms with van der Waals surface area (Å²) >= 11 is 0.939. The lowest BCUT2D eigenvalue weighted by molar-refractivity contribution is -0.132. The third-order valence-electron chi connectivity index (χ3n) is 5.29. The number of benzene rings is 2. The van der Waals surface area contributed by atoms with Crippen LogP contribution in [0.3, 0.4) is 0 Å². The van der Waals surface area contributed by atoms with E-state index >= 15 is 0 Å². The van der Waals surface area contributed by atoms with Crippen LogP contribution in [0.2, 0.25) is 0 Å². The lowest BCUT2D eigenvalue weighted by Crippen LogP contribution is -2.29. The predicted molar refractivity (Wildman–Crippen MR) is 122 cm³/mol. The maximum atomic E-state index is 13.2. The maximum Gasteiger partial charge on any atom is 0.350 e. The molecule has 8 nitrogen and oxygen atoms in total. The molecule has 0 bridgehead atoms. The third kappa shape index (κ3) is 3.76.